The zero-order chi connectivity index (χ0) is 13.9. The first-order valence-electron chi connectivity index (χ1n) is 9.27. The maximum Gasteiger partial charge on any atom is 0.0543 e. The number of fused-ring (bicyclic) bond motifs is 5. The Labute approximate surface area is 124 Å². The van der Waals surface area contributed by atoms with Crippen LogP contribution < -0.4 is 0 Å². The molecule has 4 aliphatic rings. The summed E-state index contributed by atoms with van der Waals surface area (Å²) in [5.41, 5.74) is 0.568. The predicted molar refractivity (Wildman–Crippen MR) is 82.3 cm³/mol. The quantitative estimate of drug-likeness (QED) is 0.683. The van der Waals surface area contributed by atoms with Gasteiger partial charge in [0.05, 0.1) is 6.10 Å². The van der Waals surface area contributed by atoms with Gasteiger partial charge >= 0.3 is 0 Å². The number of aliphatic hydroxyl groups excluding tert-OH is 1. The fourth-order valence-electron chi connectivity index (χ4n) is 7.18. The van der Waals surface area contributed by atoms with Gasteiger partial charge in [0.25, 0.3) is 0 Å². The van der Waals surface area contributed by atoms with Gasteiger partial charge in [-0.3, -0.25) is 0 Å². The summed E-state index contributed by atoms with van der Waals surface area (Å²) in [7, 11) is 0. The fourth-order valence-corrected chi connectivity index (χ4v) is 7.18. The molecule has 0 aromatic carbocycles. The molecule has 7 unspecified atom stereocenters. The van der Waals surface area contributed by atoms with Gasteiger partial charge in [0.2, 0.25) is 0 Å². The molecule has 0 aromatic heterocycles. The zero-order valence-electron chi connectivity index (χ0n) is 13.4. The minimum absolute atomic E-state index is 0.00691. The van der Waals surface area contributed by atoms with Crippen molar-refractivity contribution in [3.63, 3.8) is 0 Å². The van der Waals surface area contributed by atoms with Crippen molar-refractivity contribution >= 4 is 0 Å². The molecule has 4 aliphatic carbocycles. The molecule has 1 heteroatoms. The lowest BCUT2D eigenvalue weighted by atomic mass is 9.47. The van der Waals surface area contributed by atoms with Crippen LogP contribution in [0, 0.1) is 40.9 Å². The Morgan fingerprint density at radius 3 is 2.45 bits per heavy atom. The molecule has 114 valence electrons. The van der Waals surface area contributed by atoms with Crippen molar-refractivity contribution in [2.75, 3.05) is 0 Å². The van der Waals surface area contributed by atoms with Crippen LogP contribution in [0.4, 0.5) is 0 Å². The molecule has 8 atom stereocenters. The van der Waals surface area contributed by atoms with E-state index in [1.54, 1.807) is 0 Å². The minimum atomic E-state index is 0.00691. The Hall–Kier alpha value is -0.0400. The molecule has 0 spiro atoms. The van der Waals surface area contributed by atoms with Crippen molar-refractivity contribution in [2.24, 2.45) is 40.9 Å². The molecule has 0 bridgehead atoms. The van der Waals surface area contributed by atoms with E-state index in [0.29, 0.717) is 5.41 Å². The fraction of sp³-hybridized carbons (Fsp3) is 1.00. The maximum atomic E-state index is 10.0. The number of rotatable bonds is 0. The molecular weight excluding hydrogens is 244 g/mol. The third kappa shape index (κ3) is 1.84. The van der Waals surface area contributed by atoms with Crippen LogP contribution in [0.1, 0.15) is 71.6 Å². The van der Waals surface area contributed by atoms with E-state index in [9.17, 15) is 5.11 Å². The van der Waals surface area contributed by atoms with Crippen molar-refractivity contribution < 1.29 is 5.11 Å². The second-order valence-corrected chi connectivity index (χ2v) is 8.94. The van der Waals surface area contributed by atoms with Crippen LogP contribution in [0.15, 0.2) is 0 Å². The molecule has 4 rings (SSSR count). The van der Waals surface area contributed by atoms with Crippen LogP contribution in [-0.4, -0.2) is 11.2 Å². The zero-order valence-corrected chi connectivity index (χ0v) is 13.4. The summed E-state index contributed by atoms with van der Waals surface area (Å²) in [6.07, 6.45) is 12.4. The van der Waals surface area contributed by atoms with Crippen molar-refractivity contribution in [3.8, 4) is 0 Å². The second kappa shape index (κ2) is 4.73. The number of aliphatic hydroxyl groups is 1. The SMILES string of the molecule is CC1CCC2C1CCC1C2CCC2CC(O)CC[C@@]21C. The highest BCUT2D eigenvalue weighted by molar-refractivity contribution is 5.05. The number of hydrogen-bond acceptors (Lipinski definition) is 1. The molecule has 0 heterocycles. The highest BCUT2D eigenvalue weighted by atomic mass is 16.3. The van der Waals surface area contributed by atoms with Crippen LogP contribution >= 0.6 is 0 Å². The predicted octanol–water partition coefficient (Wildman–Crippen LogP) is 4.64. The van der Waals surface area contributed by atoms with Gasteiger partial charge in [0.15, 0.2) is 0 Å². The summed E-state index contributed by atoms with van der Waals surface area (Å²) in [4.78, 5) is 0. The van der Waals surface area contributed by atoms with Gasteiger partial charge in [-0.1, -0.05) is 20.3 Å². The lowest BCUT2D eigenvalue weighted by molar-refractivity contribution is -0.108. The van der Waals surface area contributed by atoms with Gasteiger partial charge in [-0.2, -0.15) is 0 Å². The second-order valence-electron chi connectivity index (χ2n) is 8.94. The molecule has 20 heavy (non-hydrogen) atoms. The molecule has 0 aliphatic heterocycles. The summed E-state index contributed by atoms with van der Waals surface area (Å²) in [5.74, 6) is 5.97. The van der Waals surface area contributed by atoms with E-state index in [1.165, 1.54) is 44.9 Å². The van der Waals surface area contributed by atoms with Gasteiger partial charge in [0, 0.05) is 0 Å². The summed E-state index contributed by atoms with van der Waals surface area (Å²) in [6, 6.07) is 0. The van der Waals surface area contributed by atoms with Gasteiger partial charge in [-0.25, -0.2) is 0 Å². The molecule has 1 N–H and O–H groups in total. The molecular formula is C19H32O. The smallest absolute Gasteiger partial charge is 0.0543 e. The van der Waals surface area contributed by atoms with E-state index >= 15 is 0 Å². The van der Waals surface area contributed by atoms with Crippen LogP contribution in [0.3, 0.4) is 0 Å². The van der Waals surface area contributed by atoms with Gasteiger partial charge in [0.1, 0.15) is 0 Å². The Kier molecular flexibility index (Phi) is 3.22. The Bertz CT molecular complexity index is 378. The van der Waals surface area contributed by atoms with E-state index in [-0.39, 0.29) is 6.10 Å². The van der Waals surface area contributed by atoms with E-state index in [1.807, 2.05) is 0 Å². The van der Waals surface area contributed by atoms with Crippen LogP contribution in [-0.2, 0) is 0 Å². The van der Waals surface area contributed by atoms with Gasteiger partial charge < -0.3 is 5.11 Å². The van der Waals surface area contributed by atoms with Crippen molar-refractivity contribution in [2.45, 2.75) is 77.7 Å². The highest BCUT2D eigenvalue weighted by Gasteiger charge is 2.55. The largest absolute Gasteiger partial charge is 0.393 e. The molecule has 0 saturated heterocycles. The lowest BCUT2D eigenvalue weighted by Gasteiger charge is -2.58. The first-order valence-corrected chi connectivity index (χ1v) is 9.27. The van der Waals surface area contributed by atoms with Crippen LogP contribution in [0.2, 0.25) is 0 Å². The first-order chi connectivity index (χ1) is 9.59. The third-order valence-corrected chi connectivity index (χ3v) is 8.31. The summed E-state index contributed by atoms with van der Waals surface area (Å²) >= 11 is 0. The Morgan fingerprint density at radius 2 is 1.60 bits per heavy atom. The standard InChI is InChI=1S/C19H32O/c1-12-3-5-16-15(12)7-8-18-17(16)6-4-13-11-14(20)9-10-19(13,18)2/h12-18,20H,3-11H2,1-2H3/t12?,13?,14?,15?,16?,17?,18?,19-/m0/s1. The monoisotopic (exact) mass is 276 g/mol. The topological polar surface area (TPSA) is 20.2 Å². The minimum Gasteiger partial charge on any atom is -0.393 e. The normalized spacial score (nSPS) is 58.6. The Balaban J connectivity index is 1.59. The average Bonchev–Trinajstić information content (AvgIpc) is 2.82. The van der Waals surface area contributed by atoms with E-state index < -0.39 is 0 Å². The first kappa shape index (κ1) is 13.6. The molecule has 0 radical (unpaired) electrons. The van der Waals surface area contributed by atoms with Crippen LogP contribution in [0.25, 0.3) is 0 Å². The Morgan fingerprint density at radius 1 is 0.850 bits per heavy atom. The van der Waals surface area contributed by atoms with Crippen molar-refractivity contribution in [1.29, 1.82) is 0 Å². The molecule has 4 fully saturated rings. The average molecular weight is 276 g/mol. The molecule has 1 nitrogen and oxygen atoms in total. The molecule has 4 saturated carbocycles. The summed E-state index contributed by atoms with van der Waals surface area (Å²) in [6.45, 7) is 5.11. The van der Waals surface area contributed by atoms with Crippen molar-refractivity contribution in [3.05, 3.63) is 0 Å². The summed E-state index contributed by atoms with van der Waals surface area (Å²) < 4.78 is 0. The lowest BCUT2D eigenvalue weighted by Crippen LogP contribution is -2.51. The summed E-state index contributed by atoms with van der Waals surface area (Å²) in [5, 5.41) is 10.0. The van der Waals surface area contributed by atoms with Gasteiger partial charge in [-0.05, 0) is 92.3 Å². The third-order valence-electron chi connectivity index (χ3n) is 8.31. The van der Waals surface area contributed by atoms with E-state index in [4.69, 9.17) is 0 Å². The molecule has 0 aromatic rings. The maximum absolute atomic E-state index is 10.0. The molecule has 0 amide bonds. The van der Waals surface area contributed by atoms with E-state index in [2.05, 4.69) is 13.8 Å². The van der Waals surface area contributed by atoms with Crippen LogP contribution in [0.5, 0.6) is 0 Å². The highest BCUT2D eigenvalue weighted by Crippen LogP contribution is 2.63. The van der Waals surface area contributed by atoms with E-state index in [0.717, 1.165) is 48.3 Å². The van der Waals surface area contributed by atoms with Crippen molar-refractivity contribution in [1.82, 2.24) is 0 Å². The van der Waals surface area contributed by atoms with Gasteiger partial charge in [-0.15, -0.1) is 0 Å². The number of hydrogen-bond donors (Lipinski definition) is 1.